The normalized spacial score (nSPS) is 11.7. The average Bonchev–Trinajstić information content (AvgIpc) is 2.57. The highest BCUT2D eigenvalue weighted by Gasteiger charge is 2.21. The van der Waals surface area contributed by atoms with Crippen LogP contribution in [0.4, 0.5) is 4.79 Å². The summed E-state index contributed by atoms with van der Waals surface area (Å²) in [5.74, 6) is 1.49. The van der Waals surface area contributed by atoms with Crippen LogP contribution < -0.4 is 4.74 Å². The molecule has 2 aromatic rings. The van der Waals surface area contributed by atoms with E-state index in [2.05, 4.69) is 35.3 Å². The summed E-state index contributed by atoms with van der Waals surface area (Å²) in [4.78, 5) is 12.4. The zero-order valence-corrected chi connectivity index (χ0v) is 14.3. The molecule has 22 heavy (non-hydrogen) atoms. The van der Waals surface area contributed by atoms with Gasteiger partial charge in [-0.05, 0) is 30.5 Å². The molecule has 0 saturated heterocycles. The third-order valence-electron chi connectivity index (χ3n) is 2.97. The van der Waals surface area contributed by atoms with E-state index in [1.165, 1.54) is 17.6 Å². The molecule has 0 radical (unpaired) electrons. The lowest BCUT2D eigenvalue weighted by Gasteiger charge is -2.08. The molecule has 0 heterocycles. The largest absolute Gasteiger partial charge is 0.513 e. The standard InChI is InChI=1S/C17H19O3S2/c1-19-17(18)20-15-10-8-14(9-11-15)12-22(13-21-2)16-6-4-3-5-7-16/h3-11H,12-13H2,1-2H3/q+1. The second-order valence-corrected chi connectivity index (χ2v) is 7.82. The molecule has 116 valence electrons. The number of rotatable bonds is 6. The molecule has 5 heteroatoms. The number of thioether (sulfide) groups is 1. The van der Waals surface area contributed by atoms with Crippen LogP contribution in [0, 0.1) is 0 Å². The van der Waals surface area contributed by atoms with Crippen molar-refractivity contribution in [1.82, 2.24) is 0 Å². The van der Waals surface area contributed by atoms with Crippen molar-refractivity contribution in [2.75, 3.05) is 18.5 Å². The molecule has 0 fully saturated rings. The van der Waals surface area contributed by atoms with E-state index >= 15 is 0 Å². The van der Waals surface area contributed by atoms with Crippen LogP contribution in [0.25, 0.3) is 0 Å². The van der Waals surface area contributed by atoms with Crippen molar-refractivity contribution in [1.29, 1.82) is 0 Å². The van der Waals surface area contributed by atoms with Crippen molar-refractivity contribution in [3.63, 3.8) is 0 Å². The molecule has 2 aromatic carbocycles. The van der Waals surface area contributed by atoms with Gasteiger partial charge in [0.25, 0.3) is 0 Å². The highest BCUT2D eigenvalue weighted by molar-refractivity contribution is 8.13. The molecule has 1 atom stereocenters. The topological polar surface area (TPSA) is 35.5 Å². The summed E-state index contributed by atoms with van der Waals surface area (Å²) in [6, 6.07) is 18.2. The van der Waals surface area contributed by atoms with Gasteiger partial charge >= 0.3 is 6.16 Å². The van der Waals surface area contributed by atoms with Crippen molar-refractivity contribution in [2.45, 2.75) is 10.6 Å². The van der Waals surface area contributed by atoms with Crippen LogP contribution in [0.2, 0.25) is 0 Å². The summed E-state index contributed by atoms with van der Waals surface area (Å²) in [7, 11) is 1.47. The van der Waals surface area contributed by atoms with Crippen LogP contribution in [0.1, 0.15) is 5.56 Å². The summed E-state index contributed by atoms with van der Waals surface area (Å²) in [6.07, 6.45) is 1.44. The fraction of sp³-hybridized carbons (Fsp3) is 0.235. The second kappa shape index (κ2) is 8.76. The van der Waals surface area contributed by atoms with Gasteiger partial charge in [-0.15, -0.1) is 11.8 Å². The molecule has 0 aliphatic rings. The number of carbonyl (C=O) groups is 1. The third-order valence-corrected chi connectivity index (χ3v) is 6.67. The van der Waals surface area contributed by atoms with E-state index < -0.39 is 6.16 Å². The first-order chi connectivity index (χ1) is 10.7. The van der Waals surface area contributed by atoms with E-state index in [-0.39, 0.29) is 10.9 Å². The molecule has 0 amide bonds. The maximum atomic E-state index is 11.1. The maximum absolute atomic E-state index is 11.1. The van der Waals surface area contributed by atoms with E-state index in [1.807, 2.05) is 30.0 Å². The summed E-state index contributed by atoms with van der Waals surface area (Å²) < 4.78 is 9.47. The first-order valence-electron chi connectivity index (χ1n) is 6.79. The van der Waals surface area contributed by atoms with Crippen molar-refractivity contribution >= 4 is 28.8 Å². The van der Waals surface area contributed by atoms with Gasteiger partial charge in [-0.25, -0.2) is 4.79 Å². The summed E-state index contributed by atoms with van der Waals surface area (Å²) >= 11 is 1.86. The minimum Gasteiger partial charge on any atom is -0.437 e. The number of methoxy groups -OCH3 is 1. The Morgan fingerprint density at radius 2 is 1.77 bits per heavy atom. The lowest BCUT2D eigenvalue weighted by molar-refractivity contribution is 0.121. The number of carbonyl (C=O) groups excluding carboxylic acids is 1. The molecule has 2 rings (SSSR count). The lowest BCUT2D eigenvalue weighted by atomic mass is 10.2. The Labute approximate surface area is 138 Å². The van der Waals surface area contributed by atoms with Crippen LogP contribution in [-0.4, -0.2) is 24.6 Å². The maximum Gasteiger partial charge on any atom is 0.513 e. The Balaban J connectivity index is 2.05. The van der Waals surface area contributed by atoms with Gasteiger partial charge in [0.2, 0.25) is 0 Å². The van der Waals surface area contributed by atoms with Crippen molar-refractivity contribution in [2.24, 2.45) is 0 Å². The highest BCUT2D eigenvalue weighted by atomic mass is 32.2. The van der Waals surface area contributed by atoms with Crippen LogP contribution in [0.15, 0.2) is 59.5 Å². The van der Waals surface area contributed by atoms with E-state index in [9.17, 15) is 4.79 Å². The molecule has 0 bridgehead atoms. The molecular weight excluding hydrogens is 316 g/mol. The highest BCUT2D eigenvalue weighted by Crippen LogP contribution is 2.23. The predicted molar refractivity (Wildman–Crippen MR) is 93.6 cm³/mol. The Morgan fingerprint density at radius 3 is 2.36 bits per heavy atom. The summed E-state index contributed by atoms with van der Waals surface area (Å²) in [5.41, 5.74) is 1.23. The molecule has 0 spiro atoms. The van der Waals surface area contributed by atoms with Crippen molar-refractivity contribution in [3.05, 3.63) is 60.2 Å². The molecule has 3 nitrogen and oxygen atoms in total. The van der Waals surface area contributed by atoms with Gasteiger partial charge in [0.05, 0.1) is 7.11 Å². The SMILES string of the molecule is COC(=O)Oc1ccc(C[S+](CSC)c2ccccc2)cc1. The van der Waals surface area contributed by atoms with Gasteiger partial charge in [-0.1, -0.05) is 30.3 Å². The molecular formula is C17H19O3S2+. The molecule has 1 unspecified atom stereocenters. The summed E-state index contributed by atoms with van der Waals surface area (Å²) in [6.45, 7) is 0. The molecule has 0 aliphatic carbocycles. The van der Waals surface area contributed by atoms with Gasteiger partial charge in [0.1, 0.15) is 11.5 Å². The molecule has 0 aliphatic heterocycles. The van der Waals surface area contributed by atoms with E-state index in [1.54, 1.807) is 12.1 Å². The number of hydrogen-bond acceptors (Lipinski definition) is 4. The van der Waals surface area contributed by atoms with Gasteiger partial charge in [0.15, 0.2) is 9.98 Å². The first-order valence-corrected chi connectivity index (χ1v) is 9.75. The Kier molecular flexibility index (Phi) is 6.68. The van der Waals surface area contributed by atoms with Gasteiger partial charge in [0, 0.05) is 16.5 Å². The average molecular weight is 335 g/mol. The number of hydrogen-bond donors (Lipinski definition) is 0. The lowest BCUT2D eigenvalue weighted by Crippen LogP contribution is -2.09. The van der Waals surface area contributed by atoms with Gasteiger partial charge in [-0.2, -0.15) is 0 Å². The van der Waals surface area contributed by atoms with Gasteiger partial charge in [-0.3, -0.25) is 0 Å². The Morgan fingerprint density at radius 1 is 1.09 bits per heavy atom. The second-order valence-electron chi connectivity index (χ2n) is 4.56. The van der Waals surface area contributed by atoms with E-state index in [0.29, 0.717) is 5.75 Å². The Hall–Kier alpha value is -1.59. The molecule has 0 aromatic heterocycles. The molecule has 0 N–H and O–H groups in total. The van der Waals surface area contributed by atoms with E-state index in [4.69, 9.17) is 4.74 Å². The Bertz CT molecular complexity index is 585. The van der Waals surface area contributed by atoms with E-state index in [0.717, 1.165) is 10.8 Å². The van der Waals surface area contributed by atoms with Crippen LogP contribution in [0.5, 0.6) is 5.75 Å². The first kappa shape index (κ1) is 16.8. The smallest absolute Gasteiger partial charge is 0.437 e. The minimum atomic E-state index is -0.695. The van der Waals surface area contributed by atoms with Crippen LogP contribution >= 0.6 is 11.8 Å². The summed E-state index contributed by atoms with van der Waals surface area (Å²) in [5, 5.41) is 1.10. The van der Waals surface area contributed by atoms with Crippen molar-refractivity contribution in [3.8, 4) is 5.75 Å². The zero-order valence-electron chi connectivity index (χ0n) is 12.7. The quantitative estimate of drug-likeness (QED) is 0.447. The molecule has 0 saturated carbocycles. The van der Waals surface area contributed by atoms with Gasteiger partial charge < -0.3 is 9.47 Å². The number of benzene rings is 2. The monoisotopic (exact) mass is 335 g/mol. The predicted octanol–water partition coefficient (Wildman–Crippen LogP) is 4.33. The zero-order chi connectivity index (χ0) is 15.8. The van der Waals surface area contributed by atoms with Crippen LogP contribution in [-0.2, 0) is 21.4 Å². The van der Waals surface area contributed by atoms with Crippen molar-refractivity contribution < 1.29 is 14.3 Å². The fourth-order valence-electron chi connectivity index (χ4n) is 1.94. The number of ether oxygens (including phenoxy) is 2. The fourth-order valence-corrected chi connectivity index (χ4v) is 5.26. The minimum absolute atomic E-state index is 0.173. The third kappa shape index (κ3) is 5.00. The van der Waals surface area contributed by atoms with Crippen LogP contribution in [0.3, 0.4) is 0 Å².